The number of benzene rings is 1. The number of aromatic nitrogens is 1. The summed E-state index contributed by atoms with van der Waals surface area (Å²) < 4.78 is 0. The first-order valence-corrected chi connectivity index (χ1v) is 7.93. The number of thiazole rings is 1. The zero-order chi connectivity index (χ0) is 13.0. The molecular formula is C12H12Cl2N2S2. The van der Waals surface area contributed by atoms with E-state index in [9.17, 15) is 0 Å². The first-order chi connectivity index (χ1) is 8.70. The van der Waals surface area contributed by atoms with Crippen molar-refractivity contribution in [2.45, 2.75) is 16.6 Å². The first-order valence-electron chi connectivity index (χ1n) is 5.42. The van der Waals surface area contributed by atoms with Crippen molar-refractivity contribution in [3.63, 3.8) is 0 Å². The Hall–Kier alpha value is -0.260. The van der Waals surface area contributed by atoms with Crippen LogP contribution in [-0.2, 0) is 0 Å². The van der Waals surface area contributed by atoms with E-state index < -0.39 is 0 Å². The van der Waals surface area contributed by atoms with E-state index in [1.165, 1.54) is 0 Å². The van der Waals surface area contributed by atoms with Gasteiger partial charge in [0.15, 0.2) is 0 Å². The van der Waals surface area contributed by atoms with Crippen LogP contribution in [0.2, 0.25) is 10.0 Å². The Bertz CT molecular complexity index is 503. The van der Waals surface area contributed by atoms with Gasteiger partial charge in [0.2, 0.25) is 0 Å². The topological polar surface area (TPSA) is 38.9 Å². The van der Waals surface area contributed by atoms with Crippen LogP contribution in [0.15, 0.2) is 34.7 Å². The summed E-state index contributed by atoms with van der Waals surface area (Å²) >= 11 is 15.5. The Balaban J connectivity index is 2.21. The van der Waals surface area contributed by atoms with Gasteiger partial charge < -0.3 is 5.73 Å². The van der Waals surface area contributed by atoms with E-state index in [0.717, 1.165) is 16.3 Å². The monoisotopic (exact) mass is 318 g/mol. The first kappa shape index (κ1) is 14.2. The number of nitrogens with two attached hydrogens (primary N) is 1. The van der Waals surface area contributed by atoms with Crippen LogP contribution in [0.5, 0.6) is 0 Å². The standard InChI is InChI=1S/C12H12Cl2N2S2/c13-8-1-2-9(14)11(7-8)18-10(3-4-15)12-16-5-6-17-12/h1-2,5-7,10H,3-4,15H2/t10-/m1/s1. The van der Waals surface area contributed by atoms with Gasteiger partial charge in [0, 0.05) is 21.5 Å². The third-order valence-electron chi connectivity index (χ3n) is 2.32. The largest absolute Gasteiger partial charge is 0.330 e. The maximum atomic E-state index is 6.17. The Morgan fingerprint density at radius 1 is 1.39 bits per heavy atom. The molecule has 18 heavy (non-hydrogen) atoms. The molecule has 2 aromatic rings. The predicted molar refractivity (Wildman–Crippen MR) is 80.8 cm³/mol. The fraction of sp³-hybridized carbons (Fsp3) is 0.250. The molecule has 1 aromatic heterocycles. The SMILES string of the molecule is NCC[C@@H](Sc1cc(Cl)ccc1Cl)c1nccs1. The summed E-state index contributed by atoms with van der Waals surface area (Å²) in [5.74, 6) is 0. The molecule has 1 aromatic carbocycles. The molecule has 2 nitrogen and oxygen atoms in total. The van der Waals surface area contributed by atoms with E-state index in [-0.39, 0.29) is 5.25 Å². The summed E-state index contributed by atoms with van der Waals surface area (Å²) in [4.78, 5) is 5.32. The zero-order valence-electron chi connectivity index (χ0n) is 9.48. The number of rotatable bonds is 5. The van der Waals surface area contributed by atoms with Gasteiger partial charge in [0.1, 0.15) is 5.01 Å². The molecule has 2 rings (SSSR count). The molecular weight excluding hydrogens is 307 g/mol. The lowest BCUT2D eigenvalue weighted by Crippen LogP contribution is -2.04. The van der Waals surface area contributed by atoms with E-state index in [1.54, 1.807) is 29.2 Å². The average molecular weight is 319 g/mol. The second-order valence-electron chi connectivity index (χ2n) is 3.63. The van der Waals surface area contributed by atoms with Gasteiger partial charge in [-0.25, -0.2) is 4.98 Å². The molecule has 96 valence electrons. The van der Waals surface area contributed by atoms with Crippen LogP contribution >= 0.6 is 46.3 Å². The van der Waals surface area contributed by atoms with Gasteiger partial charge in [-0.2, -0.15) is 0 Å². The molecule has 0 spiro atoms. The van der Waals surface area contributed by atoms with Crippen molar-refractivity contribution in [3.05, 3.63) is 44.8 Å². The number of halogens is 2. The minimum atomic E-state index is 0.228. The molecule has 0 bridgehead atoms. The number of hydrogen-bond donors (Lipinski definition) is 1. The number of hydrogen-bond acceptors (Lipinski definition) is 4. The lowest BCUT2D eigenvalue weighted by atomic mass is 10.3. The quantitative estimate of drug-likeness (QED) is 0.817. The lowest BCUT2D eigenvalue weighted by molar-refractivity contribution is 0.807. The maximum Gasteiger partial charge on any atom is 0.106 e. The summed E-state index contributed by atoms with van der Waals surface area (Å²) in [6, 6.07) is 5.48. The minimum absolute atomic E-state index is 0.228. The summed E-state index contributed by atoms with van der Waals surface area (Å²) in [5, 5.41) is 4.67. The summed E-state index contributed by atoms with van der Waals surface area (Å²) in [6.45, 7) is 0.620. The van der Waals surface area contributed by atoms with Crippen molar-refractivity contribution in [1.82, 2.24) is 4.98 Å². The number of thioether (sulfide) groups is 1. The fourth-order valence-corrected chi connectivity index (χ4v) is 4.05. The molecule has 1 heterocycles. The Labute approximate surface area is 125 Å². The molecule has 0 aliphatic carbocycles. The van der Waals surface area contributed by atoms with Gasteiger partial charge in [-0.1, -0.05) is 23.2 Å². The van der Waals surface area contributed by atoms with E-state index in [4.69, 9.17) is 28.9 Å². The van der Waals surface area contributed by atoms with Crippen LogP contribution in [0.1, 0.15) is 16.7 Å². The molecule has 2 N–H and O–H groups in total. The third-order valence-corrected chi connectivity index (χ3v) is 5.37. The van der Waals surface area contributed by atoms with Crippen molar-refractivity contribution in [2.75, 3.05) is 6.54 Å². The third kappa shape index (κ3) is 3.62. The van der Waals surface area contributed by atoms with E-state index >= 15 is 0 Å². The molecule has 0 saturated heterocycles. The van der Waals surface area contributed by atoms with Crippen molar-refractivity contribution in [1.29, 1.82) is 0 Å². The van der Waals surface area contributed by atoms with Gasteiger partial charge in [-0.3, -0.25) is 0 Å². The molecule has 0 unspecified atom stereocenters. The molecule has 0 saturated carbocycles. The molecule has 0 amide bonds. The van der Waals surface area contributed by atoms with Crippen molar-refractivity contribution >= 4 is 46.3 Å². The Kier molecular flexibility index (Phi) is 5.33. The van der Waals surface area contributed by atoms with Crippen LogP contribution in [-0.4, -0.2) is 11.5 Å². The van der Waals surface area contributed by atoms with Crippen LogP contribution < -0.4 is 5.73 Å². The van der Waals surface area contributed by atoms with Gasteiger partial charge >= 0.3 is 0 Å². The highest BCUT2D eigenvalue weighted by Gasteiger charge is 2.16. The highest BCUT2D eigenvalue weighted by molar-refractivity contribution is 7.99. The minimum Gasteiger partial charge on any atom is -0.330 e. The Morgan fingerprint density at radius 3 is 2.89 bits per heavy atom. The van der Waals surface area contributed by atoms with E-state index in [1.807, 2.05) is 23.7 Å². The normalized spacial score (nSPS) is 12.6. The molecule has 0 fully saturated rings. The number of nitrogens with zero attached hydrogens (tertiary/aromatic N) is 1. The summed E-state index contributed by atoms with van der Waals surface area (Å²) in [7, 11) is 0. The van der Waals surface area contributed by atoms with Gasteiger partial charge in [0.25, 0.3) is 0 Å². The average Bonchev–Trinajstić information content (AvgIpc) is 2.87. The van der Waals surface area contributed by atoms with Crippen LogP contribution in [0.3, 0.4) is 0 Å². The van der Waals surface area contributed by atoms with Crippen molar-refractivity contribution in [2.24, 2.45) is 5.73 Å². The highest BCUT2D eigenvalue weighted by atomic mass is 35.5. The molecule has 6 heteroatoms. The fourth-order valence-electron chi connectivity index (χ4n) is 1.50. The Morgan fingerprint density at radius 2 is 2.22 bits per heavy atom. The van der Waals surface area contributed by atoms with Crippen LogP contribution in [0.25, 0.3) is 0 Å². The predicted octanol–water partition coefficient (Wildman–Crippen LogP) is 4.63. The van der Waals surface area contributed by atoms with Crippen molar-refractivity contribution < 1.29 is 0 Å². The second-order valence-corrected chi connectivity index (χ2v) is 6.64. The molecule has 0 radical (unpaired) electrons. The highest BCUT2D eigenvalue weighted by Crippen LogP contribution is 2.42. The second kappa shape index (κ2) is 6.78. The van der Waals surface area contributed by atoms with Gasteiger partial charge in [-0.05, 0) is 31.2 Å². The maximum absolute atomic E-state index is 6.17. The molecule has 0 aliphatic heterocycles. The summed E-state index contributed by atoms with van der Waals surface area (Å²) in [5.41, 5.74) is 5.66. The van der Waals surface area contributed by atoms with Gasteiger partial charge in [0.05, 0.1) is 10.3 Å². The smallest absolute Gasteiger partial charge is 0.106 e. The lowest BCUT2D eigenvalue weighted by Gasteiger charge is -2.14. The molecule has 0 aliphatic rings. The van der Waals surface area contributed by atoms with Crippen LogP contribution in [0.4, 0.5) is 0 Å². The van der Waals surface area contributed by atoms with Crippen LogP contribution in [0, 0.1) is 0 Å². The van der Waals surface area contributed by atoms with Crippen molar-refractivity contribution in [3.8, 4) is 0 Å². The van der Waals surface area contributed by atoms with Gasteiger partial charge in [-0.15, -0.1) is 23.1 Å². The van der Waals surface area contributed by atoms with E-state index in [2.05, 4.69) is 4.98 Å². The molecule has 1 atom stereocenters. The zero-order valence-corrected chi connectivity index (χ0v) is 12.6. The van der Waals surface area contributed by atoms with E-state index in [0.29, 0.717) is 16.6 Å². The summed E-state index contributed by atoms with van der Waals surface area (Å²) in [6.07, 6.45) is 2.67.